The summed E-state index contributed by atoms with van der Waals surface area (Å²) in [5, 5.41) is 19.0. The Bertz CT molecular complexity index is 1440. The summed E-state index contributed by atoms with van der Waals surface area (Å²) < 4.78 is 16.1. The summed E-state index contributed by atoms with van der Waals surface area (Å²) in [6.07, 6.45) is 2.23. The lowest BCUT2D eigenvalue weighted by atomic mass is 10.0. The van der Waals surface area contributed by atoms with Crippen LogP contribution in [0.1, 0.15) is 30.0 Å². The van der Waals surface area contributed by atoms with Crippen molar-refractivity contribution >= 4 is 57.8 Å². The van der Waals surface area contributed by atoms with E-state index in [1.54, 1.807) is 35.8 Å². The Morgan fingerprint density at radius 1 is 1.21 bits per heavy atom. The zero-order chi connectivity index (χ0) is 27.6. The van der Waals surface area contributed by atoms with Crippen LogP contribution < -0.4 is 15.4 Å². The van der Waals surface area contributed by atoms with Gasteiger partial charge in [0.05, 0.1) is 10.6 Å². The summed E-state index contributed by atoms with van der Waals surface area (Å²) in [6, 6.07) is 8.59. The maximum Gasteiger partial charge on any atom is 0.323 e. The molecule has 9 nitrogen and oxygen atoms in total. The van der Waals surface area contributed by atoms with E-state index in [2.05, 4.69) is 0 Å². The number of para-hydroxylation sites is 1. The highest BCUT2D eigenvalue weighted by atomic mass is 32.2. The van der Waals surface area contributed by atoms with Crippen LogP contribution in [0.25, 0.3) is 6.08 Å². The minimum absolute atomic E-state index is 0.0144. The summed E-state index contributed by atoms with van der Waals surface area (Å²) in [4.78, 5) is 42.8. The lowest BCUT2D eigenvalue weighted by molar-refractivity contribution is -0.140. The van der Waals surface area contributed by atoms with E-state index in [9.17, 15) is 24.0 Å². The van der Waals surface area contributed by atoms with Gasteiger partial charge in [-0.15, -0.1) is 0 Å². The molecule has 1 amide bonds. The van der Waals surface area contributed by atoms with Gasteiger partial charge in [0.1, 0.15) is 34.1 Å². The third-order valence-corrected chi connectivity index (χ3v) is 7.89. The number of thiocarbonyl (C=S) groups is 1. The number of carbonyl (C=O) groups excluding carboxylic acids is 1. The summed E-state index contributed by atoms with van der Waals surface area (Å²) in [5.74, 6) is -1.45. The van der Waals surface area contributed by atoms with Gasteiger partial charge in [0.2, 0.25) is 0 Å². The standard InChI is InChI=1S/C26H26FN5O4S2/c1-3-8-31-23(30-11-9-29(10-12-30)20-7-5-4-6-19(20)27)17(16(2)18(14-28)24(31)35)13-21-25(36)32(15-22(33)34)26(37)38-21/h4-7,13H,3,8-12,15H2,1-2H3,(H,33,34). The van der Waals surface area contributed by atoms with Crippen molar-refractivity contribution in [2.45, 2.75) is 26.8 Å². The van der Waals surface area contributed by atoms with Crippen molar-refractivity contribution in [2.24, 2.45) is 0 Å². The molecule has 1 aromatic carbocycles. The topological polar surface area (TPSA) is 110 Å². The Kier molecular flexibility index (Phi) is 8.18. The van der Waals surface area contributed by atoms with Crippen LogP contribution in [0.4, 0.5) is 15.9 Å². The third kappa shape index (κ3) is 5.16. The largest absolute Gasteiger partial charge is 0.480 e. The molecule has 2 aliphatic heterocycles. The maximum atomic E-state index is 14.4. The smallest absolute Gasteiger partial charge is 0.323 e. The average molecular weight is 556 g/mol. The molecule has 198 valence electrons. The number of aromatic nitrogens is 1. The number of aliphatic carboxylic acids is 1. The molecular weight excluding hydrogens is 529 g/mol. The number of benzene rings is 1. The van der Waals surface area contributed by atoms with Crippen LogP contribution in [0.3, 0.4) is 0 Å². The van der Waals surface area contributed by atoms with E-state index >= 15 is 0 Å². The van der Waals surface area contributed by atoms with Gasteiger partial charge in [0, 0.05) is 38.3 Å². The van der Waals surface area contributed by atoms with Crippen LogP contribution in [0.2, 0.25) is 0 Å². The first-order valence-electron chi connectivity index (χ1n) is 12.1. The minimum atomic E-state index is -1.18. The molecule has 2 aliphatic rings. The molecule has 2 aromatic rings. The van der Waals surface area contributed by atoms with Crippen molar-refractivity contribution in [2.75, 3.05) is 42.5 Å². The SMILES string of the molecule is CCCn1c(N2CCN(c3ccccc3F)CC2)c(C=C2SC(=S)N(CC(=O)O)C2=O)c(C)c(C#N)c1=O. The van der Waals surface area contributed by atoms with Crippen molar-refractivity contribution in [3.63, 3.8) is 0 Å². The lowest BCUT2D eigenvalue weighted by Crippen LogP contribution is -2.49. The molecule has 0 saturated carbocycles. The molecule has 0 aliphatic carbocycles. The molecule has 4 rings (SSSR count). The van der Waals surface area contributed by atoms with Crippen LogP contribution in [0.15, 0.2) is 34.0 Å². The van der Waals surface area contributed by atoms with Crippen LogP contribution >= 0.6 is 24.0 Å². The Morgan fingerprint density at radius 2 is 1.87 bits per heavy atom. The summed E-state index contributed by atoms with van der Waals surface area (Å²) in [6.45, 7) is 5.35. The van der Waals surface area contributed by atoms with Gasteiger partial charge in [0.25, 0.3) is 11.5 Å². The first-order valence-corrected chi connectivity index (χ1v) is 13.3. The van der Waals surface area contributed by atoms with E-state index in [0.29, 0.717) is 61.8 Å². The van der Waals surface area contributed by atoms with Gasteiger partial charge >= 0.3 is 5.97 Å². The number of anilines is 2. The first-order chi connectivity index (χ1) is 18.2. The van der Waals surface area contributed by atoms with E-state index < -0.39 is 24.0 Å². The molecule has 3 heterocycles. The number of thioether (sulfide) groups is 1. The van der Waals surface area contributed by atoms with Gasteiger partial charge in [-0.1, -0.05) is 43.0 Å². The molecule has 0 atom stereocenters. The first kappa shape index (κ1) is 27.3. The van der Waals surface area contributed by atoms with Gasteiger partial charge in [-0.05, 0) is 37.1 Å². The number of hydrogen-bond donors (Lipinski definition) is 1. The number of halogens is 1. The van der Waals surface area contributed by atoms with Gasteiger partial charge in [0.15, 0.2) is 0 Å². The fourth-order valence-corrected chi connectivity index (χ4v) is 5.92. The zero-order valence-electron chi connectivity index (χ0n) is 20.9. The molecule has 0 radical (unpaired) electrons. The molecule has 2 fully saturated rings. The number of pyridine rings is 1. The van der Waals surface area contributed by atoms with Gasteiger partial charge in [-0.3, -0.25) is 23.9 Å². The summed E-state index contributed by atoms with van der Waals surface area (Å²) in [5.41, 5.74) is 1.05. The second-order valence-electron chi connectivity index (χ2n) is 8.89. The summed E-state index contributed by atoms with van der Waals surface area (Å²) >= 11 is 6.22. The average Bonchev–Trinajstić information content (AvgIpc) is 3.15. The second kappa shape index (κ2) is 11.4. The molecule has 0 unspecified atom stereocenters. The zero-order valence-corrected chi connectivity index (χ0v) is 22.6. The Labute approximate surface area is 228 Å². The Morgan fingerprint density at radius 3 is 2.47 bits per heavy atom. The number of rotatable bonds is 7. The quantitative estimate of drug-likeness (QED) is 0.407. The fourth-order valence-electron chi connectivity index (χ4n) is 4.69. The molecule has 12 heteroatoms. The highest BCUT2D eigenvalue weighted by Gasteiger charge is 2.35. The van der Waals surface area contributed by atoms with E-state index in [1.807, 2.05) is 22.8 Å². The number of carboxylic acid groups (broad SMARTS) is 1. The highest BCUT2D eigenvalue weighted by molar-refractivity contribution is 8.26. The number of amides is 1. The van der Waals surface area contributed by atoms with Crippen molar-refractivity contribution < 1.29 is 19.1 Å². The minimum Gasteiger partial charge on any atom is -0.480 e. The predicted octanol–water partition coefficient (Wildman–Crippen LogP) is 3.19. The molecule has 38 heavy (non-hydrogen) atoms. The van der Waals surface area contributed by atoms with Gasteiger partial charge < -0.3 is 14.9 Å². The van der Waals surface area contributed by atoms with Crippen LogP contribution in [0, 0.1) is 24.1 Å². The Hall–Kier alpha value is -3.69. The van der Waals surface area contributed by atoms with Crippen molar-refractivity contribution in [1.29, 1.82) is 5.26 Å². The number of nitrogens with zero attached hydrogens (tertiary/aromatic N) is 5. The van der Waals surface area contributed by atoms with E-state index in [0.717, 1.165) is 16.7 Å². The van der Waals surface area contributed by atoms with E-state index in [1.165, 1.54) is 6.07 Å². The third-order valence-electron chi connectivity index (χ3n) is 6.51. The number of carboxylic acids is 1. The van der Waals surface area contributed by atoms with Gasteiger partial charge in [-0.25, -0.2) is 4.39 Å². The van der Waals surface area contributed by atoms with E-state index in [4.69, 9.17) is 17.3 Å². The number of piperazine rings is 1. The van der Waals surface area contributed by atoms with E-state index in [-0.39, 0.29) is 20.6 Å². The lowest BCUT2D eigenvalue weighted by Gasteiger charge is -2.39. The molecule has 0 bridgehead atoms. The molecule has 1 N–H and O–H groups in total. The monoisotopic (exact) mass is 555 g/mol. The predicted molar refractivity (Wildman–Crippen MR) is 149 cm³/mol. The molecule has 1 aromatic heterocycles. The highest BCUT2D eigenvalue weighted by Crippen LogP contribution is 2.36. The maximum absolute atomic E-state index is 14.4. The number of carbonyl (C=O) groups is 2. The number of hydrogen-bond acceptors (Lipinski definition) is 8. The molecule has 0 spiro atoms. The van der Waals surface area contributed by atoms with Crippen LogP contribution in [-0.4, -0.2) is 63.5 Å². The normalized spacial score (nSPS) is 16.9. The van der Waals surface area contributed by atoms with Gasteiger partial charge in [-0.2, -0.15) is 5.26 Å². The van der Waals surface area contributed by atoms with Crippen LogP contribution in [0.5, 0.6) is 0 Å². The molecular formula is C26H26FN5O4S2. The second-order valence-corrected chi connectivity index (χ2v) is 10.6. The van der Waals surface area contributed by atoms with Crippen LogP contribution in [-0.2, 0) is 16.1 Å². The summed E-state index contributed by atoms with van der Waals surface area (Å²) in [7, 11) is 0. The molecule has 2 saturated heterocycles. The van der Waals surface area contributed by atoms with Crippen molar-refractivity contribution in [3.05, 3.63) is 62.0 Å². The number of nitriles is 1. The fraction of sp³-hybridized carbons (Fsp3) is 0.346. The Balaban J connectivity index is 1.79. The van der Waals surface area contributed by atoms with Crippen molar-refractivity contribution in [1.82, 2.24) is 9.47 Å². The van der Waals surface area contributed by atoms with Crippen molar-refractivity contribution in [3.8, 4) is 6.07 Å².